The van der Waals surface area contributed by atoms with Crippen LogP contribution in [0, 0.1) is 0 Å². The number of H-pyrrole nitrogens is 1. The van der Waals surface area contributed by atoms with Gasteiger partial charge < -0.3 is 5.73 Å². The number of primary amides is 1. The summed E-state index contributed by atoms with van der Waals surface area (Å²) in [4.78, 5) is 11.6. The fourth-order valence-corrected chi connectivity index (χ4v) is 2.78. The van der Waals surface area contributed by atoms with E-state index < -0.39 is 0 Å². The van der Waals surface area contributed by atoms with Crippen molar-refractivity contribution in [2.75, 3.05) is 0 Å². The average molecular weight is 328 g/mol. The van der Waals surface area contributed by atoms with Gasteiger partial charge in [0.1, 0.15) is 0 Å². The van der Waals surface area contributed by atoms with Crippen LogP contribution in [0.3, 0.4) is 0 Å². The average Bonchev–Trinajstić information content (AvgIpc) is 3.08. The van der Waals surface area contributed by atoms with E-state index in [9.17, 15) is 4.79 Å². The quantitative estimate of drug-likeness (QED) is 0.752. The second-order valence-electron chi connectivity index (χ2n) is 5.12. The molecule has 116 valence electrons. The maximum absolute atomic E-state index is 11.6. The highest BCUT2D eigenvalue weighted by Crippen LogP contribution is 2.35. The molecule has 7 heteroatoms. The summed E-state index contributed by atoms with van der Waals surface area (Å²) in [6, 6.07) is 15.1. The van der Waals surface area contributed by atoms with Gasteiger partial charge in [-0.2, -0.15) is 0 Å². The molecule has 3 aromatic rings. The van der Waals surface area contributed by atoms with Gasteiger partial charge in [0.25, 0.3) is 0 Å². The molecule has 0 radical (unpaired) electrons. The number of rotatable bonds is 5. The van der Waals surface area contributed by atoms with Crippen molar-refractivity contribution in [3.8, 4) is 11.4 Å². The van der Waals surface area contributed by atoms with Crippen LogP contribution in [0.2, 0.25) is 5.02 Å². The van der Waals surface area contributed by atoms with Crippen LogP contribution in [-0.4, -0.2) is 26.5 Å². The van der Waals surface area contributed by atoms with E-state index >= 15 is 0 Å². The molecule has 0 spiro atoms. The minimum atomic E-state index is -0.379. The molecule has 1 amide bonds. The number of benzene rings is 2. The lowest BCUT2D eigenvalue weighted by molar-refractivity contribution is -0.118. The zero-order valence-electron chi connectivity index (χ0n) is 12.1. The fraction of sp³-hybridized carbons (Fsp3) is 0.125. The van der Waals surface area contributed by atoms with Crippen molar-refractivity contribution < 1.29 is 4.79 Å². The van der Waals surface area contributed by atoms with Gasteiger partial charge in [0.05, 0.1) is 0 Å². The molecular weight excluding hydrogens is 314 g/mol. The highest BCUT2D eigenvalue weighted by atomic mass is 35.5. The fourth-order valence-electron chi connectivity index (χ4n) is 2.60. The molecule has 23 heavy (non-hydrogen) atoms. The molecular formula is C16H14ClN5O. The van der Waals surface area contributed by atoms with Crippen molar-refractivity contribution in [3.63, 3.8) is 0 Å². The number of nitrogens with zero attached hydrogens (tertiary/aromatic N) is 3. The summed E-state index contributed by atoms with van der Waals surface area (Å²) in [6.45, 7) is 0. The number of nitrogens with one attached hydrogen (secondary N) is 1. The molecule has 0 saturated carbocycles. The molecule has 0 saturated heterocycles. The summed E-state index contributed by atoms with van der Waals surface area (Å²) >= 11 is 6.12. The van der Waals surface area contributed by atoms with Crippen LogP contribution in [0.15, 0.2) is 48.5 Å². The van der Waals surface area contributed by atoms with Crippen molar-refractivity contribution in [2.24, 2.45) is 5.73 Å². The molecule has 1 heterocycles. The summed E-state index contributed by atoms with van der Waals surface area (Å²) in [5, 5.41) is 14.5. The number of halogens is 1. The first-order chi connectivity index (χ1) is 11.1. The highest BCUT2D eigenvalue weighted by molar-refractivity contribution is 6.30. The molecule has 1 aromatic heterocycles. The van der Waals surface area contributed by atoms with Gasteiger partial charge in [0.15, 0.2) is 5.82 Å². The van der Waals surface area contributed by atoms with E-state index in [0.717, 1.165) is 16.7 Å². The third-order valence-electron chi connectivity index (χ3n) is 3.60. The van der Waals surface area contributed by atoms with E-state index in [1.54, 1.807) is 12.1 Å². The van der Waals surface area contributed by atoms with Crippen LogP contribution in [-0.2, 0) is 4.79 Å². The number of carbonyl (C=O) groups excluding carboxylic acids is 1. The topological polar surface area (TPSA) is 97.6 Å². The number of aromatic amines is 1. The lowest BCUT2D eigenvalue weighted by Gasteiger charge is -2.19. The number of amides is 1. The largest absolute Gasteiger partial charge is 0.370 e. The van der Waals surface area contributed by atoms with E-state index in [4.69, 9.17) is 17.3 Å². The number of carbonyl (C=O) groups is 1. The summed E-state index contributed by atoms with van der Waals surface area (Å²) in [5.74, 6) is -0.0885. The van der Waals surface area contributed by atoms with E-state index in [0.29, 0.717) is 10.8 Å². The van der Waals surface area contributed by atoms with Crippen molar-refractivity contribution in [1.29, 1.82) is 0 Å². The third-order valence-corrected chi connectivity index (χ3v) is 3.83. The molecule has 3 rings (SSSR count). The Morgan fingerprint density at radius 3 is 2.65 bits per heavy atom. The first-order valence-corrected chi connectivity index (χ1v) is 7.39. The Morgan fingerprint density at radius 2 is 2.00 bits per heavy atom. The van der Waals surface area contributed by atoms with Crippen LogP contribution >= 0.6 is 11.6 Å². The van der Waals surface area contributed by atoms with Crippen LogP contribution in [0.25, 0.3) is 11.4 Å². The van der Waals surface area contributed by atoms with Crippen molar-refractivity contribution in [2.45, 2.75) is 12.3 Å². The standard InChI is InChI=1S/C16H14ClN5O/c17-11-6-7-12(14(8-11)16-19-21-22-20-16)13(9-15(18)23)10-4-2-1-3-5-10/h1-8,13H,9H2,(H2,18,23)(H,19,20,21,22). The van der Waals surface area contributed by atoms with Crippen LogP contribution in [0.4, 0.5) is 0 Å². The minimum absolute atomic E-state index is 0.181. The van der Waals surface area contributed by atoms with Crippen LogP contribution in [0.1, 0.15) is 23.5 Å². The molecule has 0 fully saturated rings. The predicted octanol–water partition coefficient (Wildman–Crippen LogP) is 2.53. The van der Waals surface area contributed by atoms with E-state index in [1.165, 1.54) is 0 Å². The Hall–Kier alpha value is -2.73. The van der Waals surface area contributed by atoms with Gasteiger partial charge >= 0.3 is 0 Å². The summed E-state index contributed by atoms with van der Waals surface area (Å²) < 4.78 is 0. The molecule has 0 bridgehead atoms. The maximum Gasteiger partial charge on any atom is 0.218 e. The Balaban J connectivity index is 2.15. The van der Waals surface area contributed by atoms with Crippen molar-refractivity contribution in [3.05, 3.63) is 64.7 Å². The van der Waals surface area contributed by atoms with Crippen LogP contribution < -0.4 is 5.73 Å². The molecule has 2 aromatic carbocycles. The number of hydrogen-bond donors (Lipinski definition) is 2. The van der Waals surface area contributed by atoms with Gasteiger partial charge in [-0.1, -0.05) is 48.0 Å². The summed E-state index contributed by atoms with van der Waals surface area (Å²) in [7, 11) is 0. The third kappa shape index (κ3) is 3.37. The Labute approximate surface area is 137 Å². The van der Waals surface area contributed by atoms with Gasteiger partial charge in [-0.25, -0.2) is 5.10 Å². The first-order valence-electron chi connectivity index (χ1n) is 7.02. The second-order valence-corrected chi connectivity index (χ2v) is 5.55. The van der Waals surface area contributed by atoms with Gasteiger partial charge in [-0.3, -0.25) is 4.79 Å². The predicted molar refractivity (Wildman–Crippen MR) is 86.7 cm³/mol. The molecule has 0 aliphatic rings. The number of hydrogen-bond acceptors (Lipinski definition) is 4. The van der Waals surface area contributed by atoms with E-state index in [1.807, 2.05) is 36.4 Å². The zero-order chi connectivity index (χ0) is 16.2. The van der Waals surface area contributed by atoms with Gasteiger partial charge in [-0.05, 0) is 33.7 Å². The first kappa shape index (κ1) is 15.2. The lowest BCUT2D eigenvalue weighted by atomic mass is 9.85. The SMILES string of the molecule is NC(=O)CC(c1ccccc1)c1ccc(Cl)cc1-c1nnn[nH]1. The van der Waals surface area contributed by atoms with E-state index in [2.05, 4.69) is 20.6 Å². The number of tetrazole rings is 1. The lowest BCUT2D eigenvalue weighted by Crippen LogP contribution is -2.16. The van der Waals surface area contributed by atoms with Crippen molar-refractivity contribution >= 4 is 17.5 Å². The zero-order valence-corrected chi connectivity index (χ0v) is 12.9. The molecule has 1 atom stereocenters. The smallest absolute Gasteiger partial charge is 0.218 e. The summed E-state index contributed by atoms with van der Waals surface area (Å²) in [5.41, 5.74) is 8.08. The summed E-state index contributed by atoms with van der Waals surface area (Å²) in [6.07, 6.45) is 0.181. The maximum atomic E-state index is 11.6. The monoisotopic (exact) mass is 327 g/mol. The second kappa shape index (κ2) is 6.58. The van der Waals surface area contributed by atoms with Gasteiger partial charge in [0, 0.05) is 22.9 Å². The molecule has 6 nitrogen and oxygen atoms in total. The number of nitrogens with two attached hydrogens (primary N) is 1. The van der Waals surface area contributed by atoms with Gasteiger partial charge in [0.2, 0.25) is 5.91 Å². The highest BCUT2D eigenvalue weighted by Gasteiger charge is 2.22. The Kier molecular flexibility index (Phi) is 4.34. The Bertz CT molecular complexity index is 805. The Morgan fingerprint density at radius 1 is 1.22 bits per heavy atom. The number of aromatic nitrogens is 4. The molecule has 1 unspecified atom stereocenters. The molecule has 0 aliphatic carbocycles. The van der Waals surface area contributed by atoms with E-state index in [-0.39, 0.29) is 18.2 Å². The molecule has 3 N–H and O–H groups in total. The van der Waals surface area contributed by atoms with Gasteiger partial charge in [-0.15, -0.1) is 5.10 Å². The minimum Gasteiger partial charge on any atom is -0.370 e. The van der Waals surface area contributed by atoms with Crippen LogP contribution in [0.5, 0.6) is 0 Å². The van der Waals surface area contributed by atoms with Crippen molar-refractivity contribution in [1.82, 2.24) is 20.6 Å². The normalized spacial score (nSPS) is 12.0. The molecule has 0 aliphatic heterocycles.